The van der Waals surface area contributed by atoms with Crippen LogP contribution in [0.1, 0.15) is 53.0 Å². The van der Waals surface area contributed by atoms with Crippen molar-refractivity contribution in [3.05, 3.63) is 35.6 Å². The number of rotatable bonds is 4. The van der Waals surface area contributed by atoms with Crippen LogP contribution in [0, 0.1) is 17.7 Å². The highest BCUT2D eigenvalue weighted by molar-refractivity contribution is 5.30. The molecule has 0 bridgehead atoms. The minimum atomic E-state index is -0.146. The van der Waals surface area contributed by atoms with Gasteiger partial charge in [0, 0.05) is 17.5 Å². The van der Waals surface area contributed by atoms with E-state index in [2.05, 4.69) is 39.9 Å². The standard InChI is InChI=1S/C18H28FN/c1-13(2)14-10-18(11-14,12-20-17(3,4)5)15-6-8-16(19)9-7-15/h6-9,13-14,20H,10-12H2,1-5H3. The molecule has 0 saturated heterocycles. The molecule has 112 valence electrons. The molecule has 0 heterocycles. The fourth-order valence-corrected chi connectivity index (χ4v) is 3.14. The van der Waals surface area contributed by atoms with Gasteiger partial charge in [0.1, 0.15) is 5.82 Å². The third kappa shape index (κ3) is 3.41. The van der Waals surface area contributed by atoms with Crippen LogP contribution in [0.4, 0.5) is 4.39 Å². The monoisotopic (exact) mass is 277 g/mol. The predicted molar refractivity (Wildman–Crippen MR) is 83.4 cm³/mol. The van der Waals surface area contributed by atoms with Gasteiger partial charge in [-0.15, -0.1) is 0 Å². The maximum Gasteiger partial charge on any atom is 0.123 e. The molecule has 0 amide bonds. The number of benzene rings is 1. The van der Waals surface area contributed by atoms with E-state index in [-0.39, 0.29) is 16.8 Å². The van der Waals surface area contributed by atoms with Gasteiger partial charge in [-0.3, -0.25) is 0 Å². The summed E-state index contributed by atoms with van der Waals surface area (Å²) in [6, 6.07) is 7.13. The summed E-state index contributed by atoms with van der Waals surface area (Å²) in [6.45, 7) is 12.2. The Morgan fingerprint density at radius 3 is 2.20 bits per heavy atom. The van der Waals surface area contributed by atoms with Crippen LogP contribution < -0.4 is 5.32 Å². The zero-order valence-electron chi connectivity index (χ0n) is 13.5. The predicted octanol–water partition coefficient (Wildman–Crippen LogP) is 4.52. The molecule has 1 fully saturated rings. The van der Waals surface area contributed by atoms with Crippen molar-refractivity contribution >= 4 is 0 Å². The average molecular weight is 277 g/mol. The Hall–Kier alpha value is -0.890. The SMILES string of the molecule is CC(C)C1CC(CNC(C)(C)C)(c2ccc(F)cc2)C1. The topological polar surface area (TPSA) is 12.0 Å². The number of hydrogen-bond donors (Lipinski definition) is 1. The molecule has 2 heteroatoms. The summed E-state index contributed by atoms with van der Waals surface area (Å²) in [6.07, 6.45) is 2.42. The van der Waals surface area contributed by atoms with E-state index in [1.54, 1.807) is 12.1 Å². The highest BCUT2D eigenvalue weighted by atomic mass is 19.1. The van der Waals surface area contributed by atoms with Crippen molar-refractivity contribution < 1.29 is 4.39 Å². The Kier molecular flexibility index (Phi) is 4.24. The molecule has 1 aliphatic rings. The summed E-state index contributed by atoms with van der Waals surface area (Å²) in [5.74, 6) is 1.38. The van der Waals surface area contributed by atoms with E-state index >= 15 is 0 Å². The Balaban J connectivity index is 2.16. The van der Waals surface area contributed by atoms with Gasteiger partial charge in [0.25, 0.3) is 0 Å². The van der Waals surface area contributed by atoms with E-state index in [1.165, 1.54) is 18.4 Å². The van der Waals surface area contributed by atoms with Crippen molar-refractivity contribution in [3.8, 4) is 0 Å². The van der Waals surface area contributed by atoms with Crippen molar-refractivity contribution in [2.24, 2.45) is 11.8 Å². The lowest BCUT2D eigenvalue weighted by molar-refractivity contribution is 0.0912. The molecule has 2 rings (SSSR count). The van der Waals surface area contributed by atoms with Gasteiger partial charge in [0.15, 0.2) is 0 Å². The van der Waals surface area contributed by atoms with Gasteiger partial charge in [-0.25, -0.2) is 4.39 Å². The molecule has 1 aromatic rings. The van der Waals surface area contributed by atoms with Crippen LogP contribution in [0.15, 0.2) is 24.3 Å². The first-order chi connectivity index (χ1) is 9.22. The maximum absolute atomic E-state index is 13.2. The molecule has 0 aromatic heterocycles. The molecular weight excluding hydrogens is 249 g/mol. The molecule has 1 aliphatic carbocycles. The van der Waals surface area contributed by atoms with Crippen LogP contribution in [0.25, 0.3) is 0 Å². The molecule has 0 spiro atoms. The van der Waals surface area contributed by atoms with Gasteiger partial charge in [-0.1, -0.05) is 26.0 Å². The first-order valence-corrected chi connectivity index (χ1v) is 7.73. The molecule has 0 unspecified atom stereocenters. The van der Waals surface area contributed by atoms with Crippen molar-refractivity contribution in [1.82, 2.24) is 5.32 Å². The molecule has 0 radical (unpaired) electrons. The van der Waals surface area contributed by atoms with Crippen LogP contribution in [-0.2, 0) is 5.41 Å². The Bertz CT molecular complexity index is 435. The average Bonchev–Trinajstić information content (AvgIpc) is 2.27. The fraction of sp³-hybridized carbons (Fsp3) is 0.667. The summed E-state index contributed by atoms with van der Waals surface area (Å²) < 4.78 is 13.2. The molecule has 1 aromatic carbocycles. The van der Waals surface area contributed by atoms with Gasteiger partial charge in [-0.05, 0) is 63.1 Å². The molecule has 0 atom stereocenters. The highest BCUT2D eigenvalue weighted by Crippen LogP contribution is 2.50. The molecular formula is C18H28FN. The second-order valence-corrected chi connectivity index (χ2v) is 7.80. The lowest BCUT2D eigenvalue weighted by Crippen LogP contribution is -2.53. The Morgan fingerprint density at radius 1 is 1.20 bits per heavy atom. The molecule has 20 heavy (non-hydrogen) atoms. The van der Waals surface area contributed by atoms with Crippen molar-refractivity contribution in [3.63, 3.8) is 0 Å². The van der Waals surface area contributed by atoms with E-state index in [9.17, 15) is 4.39 Å². The molecule has 0 aliphatic heterocycles. The third-order valence-corrected chi connectivity index (χ3v) is 4.66. The van der Waals surface area contributed by atoms with Gasteiger partial charge in [-0.2, -0.15) is 0 Å². The van der Waals surface area contributed by atoms with E-state index in [0.29, 0.717) is 0 Å². The number of nitrogens with one attached hydrogen (secondary N) is 1. The summed E-state index contributed by atoms with van der Waals surface area (Å²) in [7, 11) is 0. The minimum Gasteiger partial charge on any atom is -0.311 e. The number of halogens is 1. The lowest BCUT2D eigenvalue weighted by atomic mass is 9.55. The Labute approximate surface area is 123 Å². The zero-order valence-corrected chi connectivity index (χ0v) is 13.5. The largest absolute Gasteiger partial charge is 0.311 e. The summed E-state index contributed by atoms with van der Waals surface area (Å²) >= 11 is 0. The second kappa shape index (κ2) is 5.48. The quantitative estimate of drug-likeness (QED) is 0.853. The second-order valence-electron chi connectivity index (χ2n) is 7.80. The molecule has 1 saturated carbocycles. The minimum absolute atomic E-state index is 0.121. The zero-order chi connectivity index (χ0) is 15.0. The van der Waals surface area contributed by atoms with Crippen molar-refractivity contribution in [1.29, 1.82) is 0 Å². The Morgan fingerprint density at radius 2 is 1.75 bits per heavy atom. The first kappa shape index (κ1) is 15.5. The van der Waals surface area contributed by atoms with E-state index in [0.717, 1.165) is 18.4 Å². The van der Waals surface area contributed by atoms with Crippen LogP contribution in [0.2, 0.25) is 0 Å². The van der Waals surface area contributed by atoms with Gasteiger partial charge < -0.3 is 5.32 Å². The van der Waals surface area contributed by atoms with E-state index in [4.69, 9.17) is 0 Å². The third-order valence-electron chi connectivity index (χ3n) is 4.66. The summed E-state index contributed by atoms with van der Waals surface area (Å²) in [5, 5.41) is 3.64. The van der Waals surface area contributed by atoms with Crippen LogP contribution >= 0.6 is 0 Å². The smallest absolute Gasteiger partial charge is 0.123 e. The summed E-state index contributed by atoms with van der Waals surface area (Å²) in [5.41, 5.74) is 1.60. The lowest BCUT2D eigenvalue weighted by Gasteiger charge is -2.51. The van der Waals surface area contributed by atoms with Crippen molar-refractivity contribution in [2.45, 2.75) is 58.4 Å². The highest BCUT2D eigenvalue weighted by Gasteiger charge is 2.46. The van der Waals surface area contributed by atoms with E-state index in [1.807, 2.05) is 12.1 Å². The van der Waals surface area contributed by atoms with Crippen LogP contribution in [0.5, 0.6) is 0 Å². The van der Waals surface area contributed by atoms with Crippen LogP contribution in [-0.4, -0.2) is 12.1 Å². The number of hydrogen-bond acceptors (Lipinski definition) is 1. The fourth-order valence-electron chi connectivity index (χ4n) is 3.14. The molecule has 1 N–H and O–H groups in total. The van der Waals surface area contributed by atoms with Gasteiger partial charge >= 0.3 is 0 Å². The normalized spacial score (nSPS) is 26.6. The van der Waals surface area contributed by atoms with E-state index < -0.39 is 0 Å². The maximum atomic E-state index is 13.2. The van der Waals surface area contributed by atoms with Crippen LogP contribution in [0.3, 0.4) is 0 Å². The van der Waals surface area contributed by atoms with Gasteiger partial charge in [0.2, 0.25) is 0 Å². The first-order valence-electron chi connectivity index (χ1n) is 7.73. The van der Waals surface area contributed by atoms with Gasteiger partial charge in [0.05, 0.1) is 0 Å². The van der Waals surface area contributed by atoms with Crippen molar-refractivity contribution in [2.75, 3.05) is 6.54 Å². The molecule has 1 nitrogen and oxygen atoms in total. The summed E-state index contributed by atoms with van der Waals surface area (Å²) in [4.78, 5) is 0.